The van der Waals surface area contributed by atoms with Crippen LogP contribution in [0, 0.1) is 11.7 Å². The average Bonchev–Trinajstić information content (AvgIpc) is 2.42. The molecular weight excluding hydrogens is 321 g/mol. The fourth-order valence-electron chi connectivity index (χ4n) is 2.18. The van der Waals surface area contributed by atoms with E-state index in [-0.39, 0.29) is 17.3 Å². The highest BCUT2D eigenvalue weighted by Gasteiger charge is 2.31. The molecular formula is C13H15ClFNO4S. The lowest BCUT2D eigenvalue weighted by atomic mass is 10.00. The fraction of sp³-hybridized carbons (Fsp3) is 0.462. The van der Waals surface area contributed by atoms with Crippen LogP contribution in [0.3, 0.4) is 0 Å². The van der Waals surface area contributed by atoms with Crippen molar-refractivity contribution in [2.24, 2.45) is 5.92 Å². The molecule has 1 heterocycles. The molecule has 1 saturated heterocycles. The number of carbonyl (C=O) groups is 1. The standard InChI is InChI=1S/C13H15ClFNO4S/c1-21(18,19)16-6-2-3-9(8-16)13(17)20-10-4-5-11(14)12(15)7-10/h4-5,7,9H,2-3,6,8H2,1H3. The number of benzene rings is 1. The first-order chi connectivity index (χ1) is 9.77. The van der Waals surface area contributed by atoms with E-state index in [9.17, 15) is 17.6 Å². The Balaban J connectivity index is 2.04. The Kier molecular flexibility index (Phi) is 4.85. The summed E-state index contributed by atoms with van der Waals surface area (Å²) in [6, 6.07) is 3.71. The van der Waals surface area contributed by atoms with Crippen molar-refractivity contribution in [3.8, 4) is 5.75 Å². The second-order valence-electron chi connectivity index (χ2n) is 4.96. The number of hydrogen-bond acceptors (Lipinski definition) is 4. The molecule has 21 heavy (non-hydrogen) atoms. The third-order valence-corrected chi connectivity index (χ3v) is 4.87. The van der Waals surface area contributed by atoms with Crippen molar-refractivity contribution in [3.05, 3.63) is 29.0 Å². The largest absolute Gasteiger partial charge is 0.426 e. The molecule has 5 nitrogen and oxygen atoms in total. The Hall–Kier alpha value is -1.18. The summed E-state index contributed by atoms with van der Waals surface area (Å²) in [6.45, 7) is 0.492. The number of rotatable bonds is 3. The Labute approximate surface area is 127 Å². The number of nitrogens with zero attached hydrogens (tertiary/aromatic N) is 1. The number of carbonyl (C=O) groups excluding carboxylic acids is 1. The molecule has 8 heteroatoms. The van der Waals surface area contributed by atoms with E-state index >= 15 is 0 Å². The summed E-state index contributed by atoms with van der Waals surface area (Å²) >= 11 is 5.55. The van der Waals surface area contributed by atoms with Gasteiger partial charge in [0.15, 0.2) is 0 Å². The van der Waals surface area contributed by atoms with Crippen LogP contribution in [0.5, 0.6) is 5.75 Å². The molecule has 0 amide bonds. The molecule has 0 spiro atoms. The molecule has 1 aliphatic heterocycles. The first-order valence-electron chi connectivity index (χ1n) is 6.39. The van der Waals surface area contributed by atoms with Gasteiger partial charge < -0.3 is 4.74 Å². The molecule has 1 unspecified atom stereocenters. The van der Waals surface area contributed by atoms with Gasteiger partial charge in [-0.2, -0.15) is 0 Å². The molecule has 1 aromatic carbocycles. The third kappa shape index (κ3) is 4.15. The Morgan fingerprint density at radius 3 is 2.81 bits per heavy atom. The predicted octanol–water partition coefficient (Wildman–Crippen LogP) is 2.06. The van der Waals surface area contributed by atoms with Crippen LogP contribution < -0.4 is 4.74 Å². The van der Waals surface area contributed by atoms with Crippen molar-refractivity contribution in [1.29, 1.82) is 0 Å². The molecule has 0 radical (unpaired) electrons. The van der Waals surface area contributed by atoms with Gasteiger partial charge in [0.1, 0.15) is 11.6 Å². The van der Waals surface area contributed by atoms with Crippen molar-refractivity contribution >= 4 is 27.6 Å². The topological polar surface area (TPSA) is 63.7 Å². The van der Waals surface area contributed by atoms with E-state index in [1.807, 2.05) is 0 Å². The molecule has 2 rings (SSSR count). The zero-order chi connectivity index (χ0) is 15.6. The average molecular weight is 336 g/mol. The lowest BCUT2D eigenvalue weighted by molar-refractivity contribution is -0.140. The lowest BCUT2D eigenvalue weighted by Gasteiger charge is -2.29. The van der Waals surface area contributed by atoms with Crippen LogP contribution >= 0.6 is 11.6 Å². The van der Waals surface area contributed by atoms with E-state index in [0.29, 0.717) is 19.4 Å². The highest BCUT2D eigenvalue weighted by atomic mass is 35.5. The van der Waals surface area contributed by atoms with Crippen LogP contribution in [0.4, 0.5) is 4.39 Å². The molecule has 1 aliphatic rings. The minimum Gasteiger partial charge on any atom is -0.426 e. The SMILES string of the molecule is CS(=O)(=O)N1CCCC(C(=O)Oc2ccc(Cl)c(F)c2)C1. The summed E-state index contributed by atoms with van der Waals surface area (Å²) < 4.78 is 42.6. The van der Waals surface area contributed by atoms with Crippen molar-refractivity contribution in [1.82, 2.24) is 4.31 Å². The number of hydrogen-bond donors (Lipinski definition) is 0. The van der Waals surface area contributed by atoms with Crippen LogP contribution in [0.1, 0.15) is 12.8 Å². The summed E-state index contributed by atoms with van der Waals surface area (Å²) in [4.78, 5) is 12.0. The smallest absolute Gasteiger partial charge is 0.315 e. The molecule has 116 valence electrons. The second-order valence-corrected chi connectivity index (χ2v) is 7.35. The fourth-order valence-corrected chi connectivity index (χ4v) is 3.20. The molecule has 0 aromatic heterocycles. The van der Waals surface area contributed by atoms with Crippen molar-refractivity contribution < 1.29 is 22.3 Å². The van der Waals surface area contributed by atoms with Gasteiger partial charge in [0.2, 0.25) is 10.0 Å². The first-order valence-corrected chi connectivity index (χ1v) is 8.62. The van der Waals surface area contributed by atoms with Crippen molar-refractivity contribution in [2.75, 3.05) is 19.3 Å². The molecule has 0 aliphatic carbocycles. The summed E-state index contributed by atoms with van der Waals surface area (Å²) in [7, 11) is -3.33. The van der Waals surface area contributed by atoms with E-state index < -0.39 is 27.7 Å². The molecule has 1 fully saturated rings. The quantitative estimate of drug-likeness (QED) is 0.626. The van der Waals surface area contributed by atoms with E-state index in [0.717, 1.165) is 12.3 Å². The van der Waals surface area contributed by atoms with Crippen LogP contribution in [-0.4, -0.2) is 38.0 Å². The van der Waals surface area contributed by atoms with Gasteiger partial charge in [0, 0.05) is 19.2 Å². The Morgan fingerprint density at radius 2 is 2.19 bits per heavy atom. The van der Waals surface area contributed by atoms with Gasteiger partial charge in [0.25, 0.3) is 0 Å². The minimum absolute atomic E-state index is 0.0541. The highest BCUT2D eigenvalue weighted by molar-refractivity contribution is 7.88. The molecule has 1 atom stereocenters. The maximum Gasteiger partial charge on any atom is 0.315 e. The zero-order valence-corrected chi connectivity index (χ0v) is 13.0. The summed E-state index contributed by atoms with van der Waals surface area (Å²) in [6.07, 6.45) is 2.23. The number of piperidine rings is 1. The first kappa shape index (κ1) is 16.2. The maximum atomic E-state index is 13.3. The Bertz CT molecular complexity index is 650. The maximum absolute atomic E-state index is 13.3. The van der Waals surface area contributed by atoms with Crippen LogP contribution in [0.15, 0.2) is 18.2 Å². The molecule has 1 aromatic rings. The van der Waals surface area contributed by atoms with Crippen molar-refractivity contribution in [3.63, 3.8) is 0 Å². The molecule has 0 bridgehead atoms. The highest BCUT2D eigenvalue weighted by Crippen LogP contribution is 2.24. The van der Waals surface area contributed by atoms with Gasteiger partial charge in [-0.25, -0.2) is 17.1 Å². The van der Waals surface area contributed by atoms with Gasteiger partial charge in [-0.1, -0.05) is 11.6 Å². The second kappa shape index (κ2) is 6.29. The van der Waals surface area contributed by atoms with Crippen LogP contribution in [0.2, 0.25) is 5.02 Å². The van der Waals surface area contributed by atoms with Gasteiger partial charge in [-0.3, -0.25) is 4.79 Å². The number of halogens is 2. The van der Waals surface area contributed by atoms with Gasteiger partial charge in [-0.05, 0) is 25.0 Å². The zero-order valence-electron chi connectivity index (χ0n) is 11.4. The normalized spacial score (nSPS) is 20.2. The number of ether oxygens (including phenoxy) is 1. The molecule has 0 N–H and O–H groups in total. The molecule has 0 saturated carbocycles. The lowest BCUT2D eigenvalue weighted by Crippen LogP contribution is -2.42. The van der Waals surface area contributed by atoms with E-state index in [1.54, 1.807) is 0 Å². The van der Waals surface area contributed by atoms with Crippen LogP contribution in [0.25, 0.3) is 0 Å². The predicted molar refractivity (Wildman–Crippen MR) is 76.2 cm³/mol. The summed E-state index contributed by atoms with van der Waals surface area (Å²) in [5, 5.41) is -0.0595. The minimum atomic E-state index is -3.33. The van der Waals surface area contributed by atoms with Gasteiger partial charge >= 0.3 is 5.97 Å². The van der Waals surface area contributed by atoms with Gasteiger partial charge in [0.05, 0.1) is 17.2 Å². The third-order valence-electron chi connectivity index (χ3n) is 3.30. The van der Waals surface area contributed by atoms with E-state index in [2.05, 4.69) is 0 Å². The van der Waals surface area contributed by atoms with E-state index in [1.165, 1.54) is 16.4 Å². The number of sulfonamides is 1. The summed E-state index contributed by atoms with van der Waals surface area (Å²) in [5.74, 6) is -1.74. The number of esters is 1. The van der Waals surface area contributed by atoms with Crippen LogP contribution in [-0.2, 0) is 14.8 Å². The van der Waals surface area contributed by atoms with Crippen molar-refractivity contribution in [2.45, 2.75) is 12.8 Å². The van der Waals surface area contributed by atoms with Gasteiger partial charge in [-0.15, -0.1) is 0 Å². The monoisotopic (exact) mass is 335 g/mol. The summed E-state index contributed by atoms with van der Waals surface area (Å²) in [5.41, 5.74) is 0. The van der Waals surface area contributed by atoms with E-state index in [4.69, 9.17) is 16.3 Å². The Morgan fingerprint density at radius 1 is 1.48 bits per heavy atom.